The van der Waals surface area contributed by atoms with Crippen LogP contribution >= 0.6 is 0 Å². The van der Waals surface area contributed by atoms with Gasteiger partial charge in [0, 0.05) is 14.1 Å². The number of nitrogens with one attached hydrogen (secondary N) is 1. The van der Waals surface area contributed by atoms with Crippen LogP contribution in [0.25, 0.3) is 17.4 Å². The van der Waals surface area contributed by atoms with Gasteiger partial charge in [-0.2, -0.15) is 19.5 Å². The molecule has 0 bridgehead atoms. The van der Waals surface area contributed by atoms with E-state index in [4.69, 9.17) is 9.15 Å². The van der Waals surface area contributed by atoms with E-state index in [1.807, 2.05) is 24.3 Å². The third-order valence-corrected chi connectivity index (χ3v) is 4.11. The number of hydrogen-bond donors (Lipinski definition) is 1. The van der Waals surface area contributed by atoms with E-state index >= 15 is 0 Å². The zero-order chi connectivity index (χ0) is 20.4. The van der Waals surface area contributed by atoms with Gasteiger partial charge in [-0.15, -0.1) is 5.10 Å². The van der Waals surface area contributed by atoms with Gasteiger partial charge in [0.25, 0.3) is 5.78 Å². The molecule has 0 aliphatic carbocycles. The second kappa shape index (κ2) is 7.58. The smallest absolute Gasteiger partial charge is 0.259 e. The Bertz CT molecular complexity index is 1130. The number of benzene rings is 1. The molecule has 0 aliphatic heterocycles. The zero-order valence-electron chi connectivity index (χ0n) is 16.2. The van der Waals surface area contributed by atoms with E-state index in [-0.39, 0.29) is 18.3 Å². The summed E-state index contributed by atoms with van der Waals surface area (Å²) in [7, 11) is 5.21. The fourth-order valence-electron chi connectivity index (χ4n) is 2.66. The highest BCUT2D eigenvalue weighted by molar-refractivity contribution is 5.91. The number of carbonyl (C=O) groups excluding carboxylic acids is 1. The van der Waals surface area contributed by atoms with Crippen molar-refractivity contribution in [2.24, 2.45) is 0 Å². The summed E-state index contributed by atoms with van der Waals surface area (Å²) in [5.74, 6) is 2.27. The number of methoxy groups -OCH3 is 1. The van der Waals surface area contributed by atoms with Crippen molar-refractivity contribution >= 4 is 23.6 Å². The van der Waals surface area contributed by atoms with Gasteiger partial charge in [0.05, 0.1) is 19.8 Å². The van der Waals surface area contributed by atoms with Crippen molar-refractivity contribution in [1.29, 1.82) is 0 Å². The van der Waals surface area contributed by atoms with Gasteiger partial charge in [-0.25, -0.2) is 0 Å². The van der Waals surface area contributed by atoms with Crippen molar-refractivity contribution < 1.29 is 13.9 Å². The number of rotatable bonds is 6. The molecule has 1 aromatic carbocycles. The van der Waals surface area contributed by atoms with Gasteiger partial charge in [0.15, 0.2) is 5.76 Å². The minimum atomic E-state index is -0.241. The Labute approximate surface area is 166 Å². The number of fused-ring (bicyclic) bond motifs is 1. The lowest BCUT2D eigenvalue weighted by atomic mass is 10.1. The Balaban J connectivity index is 1.64. The number of furan rings is 1. The second-order valence-electron chi connectivity index (χ2n) is 6.44. The van der Waals surface area contributed by atoms with Crippen molar-refractivity contribution in [3.8, 4) is 17.3 Å². The number of amides is 1. The van der Waals surface area contributed by atoms with Gasteiger partial charge in [-0.3, -0.25) is 10.1 Å². The van der Waals surface area contributed by atoms with Crippen molar-refractivity contribution in [3.05, 3.63) is 48.2 Å². The largest absolute Gasteiger partial charge is 0.497 e. The molecule has 3 aromatic heterocycles. The van der Waals surface area contributed by atoms with Gasteiger partial charge in [-0.1, -0.05) is 12.1 Å². The maximum atomic E-state index is 12.6. The lowest BCUT2D eigenvalue weighted by Gasteiger charge is -2.12. The standard InChI is InChI=1S/C19H19N7O3/c1-25(2)17-22-18(20-15(27)11-12-6-8-13(28-3)9-7-12)26-19(23-17)21-16(24-26)14-5-4-10-29-14/h4-10H,11H2,1-3H3,(H,20,21,22,23,24,27). The summed E-state index contributed by atoms with van der Waals surface area (Å²) >= 11 is 0. The summed E-state index contributed by atoms with van der Waals surface area (Å²) in [6, 6.07) is 10.8. The molecule has 0 fully saturated rings. The third-order valence-electron chi connectivity index (χ3n) is 4.11. The maximum absolute atomic E-state index is 12.6. The molecule has 0 saturated carbocycles. The average Bonchev–Trinajstić information content (AvgIpc) is 3.38. The van der Waals surface area contributed by atoms with Crippen LogP contribution in [0.4, 0.5) is 11.9 Å². The molecule has 1 amide bonds. The van der Waals surface area contributed by atoms with Gasteiger partial charge in [-0.05, 0) is 29.8 Å². The molecule has 148 valence electrons. The first kappa shape index (κ1) is 18.4. The van der Waals surface area contributed by atoms with Crippen LogP contribution in [0.2, 0.25) is 0 Å². The topological polar surface area (TPSA) is 111 Å². The molecular weight excluding hydrogens is 374 g/mol. The first-order chi connectivity index (χ1) is 14.0. The summed E-state index contributed by atoms with van der Waals surface area (Å²) in [6.45, 7) is 0. The van der Waals surface area contributed by atoms with Gasteiger partial charge in [0.2, 0.25) is 23.6 Å². The molecule has 3 heterocycles. The minimum absolute atomic E-state index is 0.173. The minimum Gasteiger partial charge on any atom is -0.497 e. The van der Waals surface area contributed by atoms with Crippen LogP contribution < -0.4 is 15.0 Å². The number of anilines is 2. The molecule has 0 radical (unpaired) electrons. The maximum Gasteiger partial charge on any atom is 0.259 e. The normalized spacial score (nSPS) is 10.9. The first-order valence-electron chi connectivity index (χ1n) is 8.82. The zero-order valence-corrected chi connectivity index (χ0v) is 16.2. The number of hydrogen-bond acceptors (Lipinski definition) is 8. The van der Waals surface area contributed by atoms with Crippen LogP contribution in [0.5, 0.6) is 5.75 Å². The molecule has 10 nitrogen and oxygen atoms in total. The lowest BCUT2D eigenvalue weighted by Crippen LogP contribution is -2.21. The van der Waals surface area contributed by atoms with E-state index in [0.29, 0.717) is 23.3 Å². The Morgan fingerprint density at radius 1 is 1.17 bits per heavy atom. The molecule has 0 saturated heterocycles. The van der Waals surface area contributed by atoms with E-state index in [1.165, 1.54) is 10.8 Å². The summed E-state index contributed by atoms with van der Waals surface area (Å²) < 4.78 is 11.9. The number of carbonyl (C=O) groups is 1. The molecule has 0 aliphatic rings. The van der Waals surface area contributed by atoms with E-state index in [1.54, 1.807) is 38.2 Å². The summed E-state index contributed by atoms with van der Waals surface area (Å²) in [6.07, 6.45) is 1.71. The van der Waals surface area contributed by atoms with E-state index < -0.39 is 0 Å². The Morgan fingerprint density at radius 3 is 2.62 bits per heavy atom. The predicted octanol–water partition coefficient (Wildman–Crippen LogP) is 2.04. The molecule has 10 heteroatoms. The SMILES string of the molecule is COc1ccc(CC(=O)Nc2nc(N(C)C)nc3nc(-c4ccco4)nn23)cc1. The van der Waals surface area contributed by atoms with Crippen LogP contribution in [0.15, 0.2) is 47.1 Å². The van der Waals surface area contributed by atoms with Crippen LogP contribution in [0, 0.1) is 0 Å². The number of aromatic nitrogens is 5. The van der Waals surface area contributed by atoms with Gasteiger partial charge in [0.1, 0.15) is 5.75 Å². The molecular formula is C19H19N7O3. The van der Waals surface area contributed by atoms with Crippen LogP contribution in [0.3, 0.4) is 0 Å². The number of nitrogens with zero attached hydrogens (tertiary/aromatic N) is 6. The third kappa shape index (κ3) is 3.86. The van der Waals surface area contributed by atoms with Gasteiger partial charge >= 0.3 is 0 Å². The molecule has 29 heavy (non-hydrogen) atoms. The van der Waals surface area contributed by atoms with Crippen molar-refractivity contribution in [2.45, 2.75) is 6.42 Å². The summed E-state index contributed by atoms with van der Waals surface area (Å²) in [5, 5.41) is 7.17. The molecule has 1 N–H and O–H groups in total. The van der Waals surface area contributed by atoms with Gasteiger partial charge < -0.3 is 14.1 Å². The quantitative estimate of drug-likeness (QED) is 0.530. The van der Waals surface area contributed by atoms with E-state index in [0.717, 1.165) is 11.3 Å². The molecule has 0 spiro atoms. The van der Waals surface area contributed by atoms with Crippen molar-refractivity contribution in [1.82, 2.24) is 24.6 Å². The highest BCUT2D eigenvalue weighted by Crippen LogP contribution is 2.19. The molecule has 4 rings (SSSR count). The van der Waals surface area contributed by atoms with Crippen molar-refractivity contribution in [3.63, 3.8) is 0 Å². The van der Waals surface area contributed by atoms with Crippen LogP contribution in [-0.2, 0) is 11.2 Å². The van der Waals surface area contributed by atoms with Crippen LogP contribution in [-0.4, -0.2) is 51.7 Å². The van der Waals surface area contributed by atoms with E-state index in [9.17, 15) is 4.79 Å². The summed E-state index contributed by atoms with van der Waals surface area (Å²) in [4.78, 5) is 27.5. The second-order valence-corrected chi connectivity index (χ2v) is 6.44. The molecule has 0 atom stereocenters. The fraction of sp³-hybridized carbons (Fsp3) is 0.211. The van der Waals surface area contributed by atoms with Crippen LogP contribution in [0.1, 0.15) is 5.56 Å². The monoisotopic (exact) mass is 393 g/mol. The highest BCUT2D eigenvalue weighted by atomic mass is 16.5. The summed E-state index contributed by atoms with van der Waals surface area (Å²) in [5.41, 5.74) is 0.844. The van der Waals surface area contributed by atoms with Crippen molar-refractivity contribution in [2.75, 3.05) is 31.4 Å². The molecule has 0 unspecified atom stereocenters. The Morgan fingerprint density at radius 2 is 1.97 bits per heavy atom. The highest BCUT2D eigenvalue weighted by Gasteiger charge is 2.17. The first-order valence-corrected chi connectivity index (χ1v) is 8.82. The van der Waals surface area contributed by atoms with E-state index in [2.05, 4.69) is 25.4 Å². The fourth-order valence-corrected chi connectivity index (χ4v) is 2.66. The average molecular weight is 393 g/mol. The molecule has 4 aromatic rings. The Kier molecular flexibility index (Phi) is 4.82. The lowest BCUT2D eigenvalue weighted by molar-refractivity contribution is -0.115. The Hall–Kier alpha value is -3.95. The number of ether oxygens (including phenoxy) is 1. The predicted molar refractivity (Wildman–Crippen MR) is 106 cm³/mol.